The highest BCUT2D eigenvalue weighted by Gasteiger charge is 2.10. The summed E-state index contributed by atoms with van der Waals surface area (Å²) in [5.41, 5.74) is 2.82. The monoisotopic (exact) mass is 221 g/mol. The largest absolute Gasteiger partial charge is 0.469 e. The number of benzene rings is 1. The number of nitrogens with one attached hydrogen (secondary N) is 1. The minimum absolute atomic E-state index is 0.260. The van der Waals surface area contributed by atoms with Crippen LogP contribution >= 0.6 is 0 Å². The van der Waals surface area contributed by atoms with Gasteiger partial charge in [-0.2, -0.15) is 0 Å². The van der Waals surface area contributed by atoms with Crippen LogP contribution in [-0.2, 0) is 14.3 Å². The molecule has 0 spiro atoms. The van der Waals surface area contributed by atoms with Gasteiger partial charge in [0.1, 0.15) is 6.42 Å². The van der Waals surface area contributed by atoms with Gasteiger partial charge in [0.2, 0.25) is 5.91 Å². The van der Waals surface area contributed by atoms with Crippen molar-refractivity contribution >= 4 is 17.6 Å². The van der Waals surface area contributed by atoms with E-state index in [1.54, 1.807) is 0 Å². The number of carbonyl (C=O) groups excluding carboxylic acids is 2. The molecule has 1 amide bonds. The number of hydrogen-bond donors (Lipinski definition) is 1. The average Bonchev–Trinajstić information content (AvgIpc) is 2.22. The van der Waals surface area contributed by atoms with Gasteiger partial charge in [-0.15, -0.1) is 0 Å². The standard InChI is InChI=1S/C12H15NO3/c1-8-4-5-10(9(2)6-8)13-11(14)7-12(15)16-3/h4-6H,7H2,1-3H3,(H,13,14). The van der Waals surface area contributed by atoms with Gasteiger partial charge in [-0.25, -0.2) is 0 Å². The molecular formula is C12H15NO3. The molecule has 1 N–H and O–H groups in total. The molecular weight excluding hydrogens is 206 g/mol. The first-order valence-corrected chi connectivity index (χ1v) is 4.97. The van der Waals surface area contributed by atoms with Crippen molar-refractivity contribution in [2.45, 2.75) is 20.3 Å². The third kappa shape index (κ3) is 3.38. The Kier molecular flexibility index (Phi) is 4.05. The Morgan fingerprint density at radius 1 is 1.31 bits per heavy atom. The van der Waals surface area contributed by atoms with E-state index < -0.39 is 5.97 Å². The fraction of sp³-hybridized carbons (Fsp3) is 0.333. The van der Waals surface area contributed by atoms with Crippen molar-refractivity contribution in [3.8, 4) is 0 Å². The zero-order valence-electron chi connectivity index (χ0n) is 9.66. The van der Waals surface area contributed by atoms with Crippen LogP contribution in [0, 0.1) is 13.8 Å². The molecule has 0 bridgehead atoms. The molecule has 0 aromatic heterocycles. The van der Waals surface area contributed by atoms with Crippen molar-refractivity contribution in [2.75, 3.05) is 12.4 Å². The average molecular weight is 221 g/mol. The Morgan fingerprint density at radius 3 is 2.56 bits per heavy atom. The maximum Gasteiger partial charge on any atom is 0.315 e. The summed E-state index contributed by atoms with van der Waals surface area (Å²) in [4.78, 5) is 22.3. The van der Waals surface area contributed by atoms with E-state index >= 15 is 0 Å². The van der Waals surface area contributed by atoms with Gasteiger partial charge in [0, 0.05) is 5.69 Å². The van der Waals surface area contributed by atoms with Crippen LogP contribution in [0.5, 0.6) is 0 Å². The summed E-state index contributed by atoms with van der Waals surface area (Å²) in [5.74, 6) is -0.902. The van der Waals surface area contributed by atoms with Crippen molar-refractivity contribution < 1.29 is 14.3 Å². The first-order chi connectivity index (χ1) is 7.52. The topological polar surface area (TPSA) is 55.4 Å². The minimum atomic E-state index is -0.540. The summed E-state index contributed by atoms with van der Waals surface area (Å²) in [5, 5.41) is 2.66. The van der Waals surface area contributed by atoms with Gasteiger partial charge in [-0.1, -0.05) is 17.7 Å². The van der Waals surface area contributed by atoms with E-state index in [1.807, 2.05) is 32.0 Å². The highest BCUT2D eigenvalue weighted by molar-refractivity contribution is 6.02. The number of carbonyl (C=O) groups is 2. The molecule has 1 aromatic carbocycles. The number of amides is 1. The molecule has 1 aromatic rings. The third-order valence-corrected chi connectivity index (χ3v) is 2.19. The van der Waals surface area contributed by atoms with E-state index in [1.165, 1.54) is 7.11 Å². The van der Waals surface area contributed by atoms with Crippen molar-refractivity contribution in [1.82, 2.24) is 0 Å². The summed E-state index contributed by atoms with van der Waals surface area (Å²) in [6.07, 6.45) is -0.260. The molecule has 16 heavy (non-hydrogen) atoms. The van der Waals surface area contributed by atoms with E-state index in [9.17, 15) is 9.59 Å². The van der Waals surface area contributed by atoms with E-state index in [-0.39, 0.29) is 12.3 Å². The van der Waals surface area contributed by atoms with Crippen LogP contribution in [0.3, 0.4) is 0 Å². The van der Waals surface area contributed by atoms with Crippen LogP contribution in [0.1, 0.15) is 17.5 Å². The lowest BCUT2D eigenvalue weighted by atomic mass is 10.1. The summed E-state index contributed by atoms with van der Waals surface area (Å²) < 4.78 is 4.41. The van der Waals surface area contributed by atoms with Gasteiger partial charge in [0.15, 0.2) is 0 Å². The summed E-state index contributed by atoms with van der Waals surface area (Å²) in [6.45, 7) is 3.88. The number of rotatable bonds is 3. The second-order valence-corrected chi connectivity index (χ2v) is 3.62. The first-order valence-electron chi connectivity index (χ1n) is 4.97. The van der Waals surface area contributed by atoms with Crippen LogP contribution in [0.25, 0.3) is 0 Å². The second-order valence-electron chi connectivity index (χ2n) is 3.62. The van der Waals surface area contributed by atoms with Crippen LogP contribution in [0.15, 0.2) is 18.2 Å². The number of esters is 1. The molecule has 0 aliphatic carbocycles. The predicted octanol–water partition coefficient (Wildman–Crippen LogP) is 1.81. The van der Waals surface area contributed by atoms with E-state index in [2.05, 4.69) is 10.1 Å². The van der Waals surface area contributed by atoms with Crippen LogP contribution < -0.4 is 5.32 Å². The zero-order valence-corrected chi connectivity index (χ0v) is 9.66. The first kappa shape index (κ1) is 12.2. The number of methoxy groups -OCH3 is 1. The Bertz CT molecular complexity index is 413. The molecule has 86 valence electrons. The van der Waals surface area contributed by atoms with Crippen molar-refractivity contribution in [2.24, 2.45) is 0 Å². The van der Waals surface area contributed by atoms with Crippen molar-refractivity contribution in [3.05, 3.63) is 29.3 Å². The molecule has 1 rings (SSSR count). The van der Waals surface area contributed by atoms with Crippen LogP contribution in [0.4, 0.5) is 5.69 Å². The summed E-state index contributed by atoms with van der Waals surface area (Å²) in [6, 6.07) is 5.69. The van der Waals surface area contributed by atoms with Crippen LogP contribution in [0.2, 0.25) is 0 Å². The molecule has 0 aliphatic heterocycles. The lowest BCUT2D eigenvalue weighted by Crippen LogP contribution is -2.17. The number of ether oxygens (including phenoxy) is 1. The Morgan fingerprint density at radius 2 is 2.00 bits per heavy atom. The molecule has 0 fully saturated rings. The normalized spacial score (nSPS) is 9.69. The molecule has 0 unspecified atom stereocenters. The fourth-order valence-electron chi connectivity index (χ4n) is 1.35. The molecule has 4 heteroatoms. The maximum absolute atomic E-state index is 11.4. The predicted molar refractivity (Wildman–Crippen MR) is 61.2 cm³/mol. The molecule has 0 saturated heterocycles. The van der Waals surface area contributed by atoms with Crippen molar-refractivity contribution in [1.29, 1.82) is 0 Å². The molecule has 0 saturated carbocycles. The smallest absolute Gasteiger partial charge is 0.315 e. The molecule has 0 atom stereocenters. The van der Waals surface area contributed by atoms with E-state index in [4.69, 9.17) is 0 Å². The zero-order chi connectivity index (χ0) is 12.1. The lowest BCUT2D eigenvalue weighted by Gasteiger charge is -2.08. The van der Waals surface area contributed by atoms with Gasteiger partial charge < -0.3 is 10.1 Å². The van der Waals surface area contributed by atoms with Gasteiger partial charge in [0.05, 0.1) is 7.11 Å². The summed E-state index contributed by atoms with van der Waals surface area (Å²) in [7, 11) is 1.26. The molecule has 0 aliphatic rings. The fourth-order valence-corrected chi connectivity index (χ4v) is 1.35. The highest BCUT2D eigenvalue weighted by atomic mass is 16.5. The van der Waals surface area contributed by atoms with E-state index in [0.717, 1.165) is 16.8 Å². The highest BCUT2D eigenvalue weighted by Crippen LogP contribution is 2.16. The van der Waals surface area contributed by atoms with Gasteiger partial charge in [0.25, 0.3) is 0 Å². The third-order valence-electron chi connectivity index (χ3n) is 2.19. The Labute approximate surface area is 94.6 Å². The maximum atomic E-state index is 11.4. The minimum Gasteiger partial charge on any atom is -0.469 e. The molecule has 4 nitrogen and oxygen atoms in total. The lowest BCUT2D eigenvalue weighted by molar-refractivity contribution is -0.142. The van der Waals surface area contributed by atoms with Gasteiger partial charge in [-0.05, 0) is 25.5 Å². The number of aryl methyl sites for hydroxylation is 2. The Balaban J connectivity index is 2.66. The molecule has 0 radical (unpaired) electrons. The summed E-state index contributed by atoms with van der Waals surface area (Å²) >= 11 is 0. The Hall–Kier alpha value is -1.84. The number of hydrogen-bond acceptors (Lipinski definition) is 3. The number of anilines is 1. The van der Waals surface area contributed by atoms with Gasteiger partial charge in [-0.3, -0.25) is 9.59 Å². The quantitative estimate of drug-likeness (QED) is 0.625. The molecule has 0 heterocycles. The second kappa shape index (κ2) is 5.30. The van der Waals surface area contributed by atoms with Crippen LogP contribution in [-0.4, -0.2) is 19.0 Å². The SMILES string of the molecule is COC(=O)CC(=O)Nc1ccc(C)cc1C. The van der Waals surface area contributed by atoms with Gasteiger partial charge >= 0.3 is 5.97 Å². The van der Waals surface area contributed by atoms with E-state index in [0.29, 0.717) is 0 Å². The van der Waals surface area contributed by atoms with Crippen molar-refractivity contribution in [3.63, 3.8) is 0 Å².